The van der Waals surface area contributed by atoms with Crippen LogP contribution >= 0.6 is 15.9 Å². The van der Waals surface area contributed by atoms with Gasteiger partial charge in [0.05, 0.1) is 0 Å². The molecular formula is C12H19BrN4O. The van der Waals surface area contributed by atoms with Crippen molar-refractivity contribution >= 4 is 27.7 Å². The lowest BCUT2D eigenvalue weighted by Gasteiger charge is -2.26. The molecule has 0 bridgehead atoms. The molecule has 1 aromatic heterocycles. The van der Waals surface area contributed by atoms with Crippen molar-refractivity contribution in [1.82, 2.24) is 9.97 Å². The molecule has 0 saturated carbocycles. The average molecular weight is 315 g/mol. The van der Waals surface area contributed by atoms with E-state index in [2.05, 4.69) is 38.1 Å². The van der Waals surface area contributed by atoms with Crippen molar-refractivity contribution < 1.29 is 4.79 Å². The fourth-order valence-corrected chi connectivity index (χ4v) is 1.89. The molecule has 0 aliphatic carbocycles. The lowest BCUT2D eigenvalue weighted by Crippen LogP contribution is -2.47. The molecule has 1 atom stereocenters. The minimum Gasteiger partial charge on any atom is -0.368 e. The molecule has 5 nitrogen and oxygen atoms in total. The van der Waals surface area contributed by atoms with Crippen LogP contribution in [-0.4, -0.2) is 21.4 Å². The maximum Gasteiger partial charge on any atom is 0.242 e. The van der Waals surface area contributed by atoms with Gasteiger partial charge >= 0.3 is 0 Å². The monoisotopic (exact) mass is 314 g/mol. The molecular weight excluding hydrogens is 296 g/mol. The number of aryl methyl sites for hydroxylation is 1. The largest absolute Gasteiger partial charge is 0.368 e. The third-order valence-electron chi connectivity index (χ3n) is 2.87. The molecule has 1 amide bonds. The molecule has 6 heteroatoms. The van der Waals surface area contributed by atoms with Crippen LogP contribution in [0.1, 0.15) is 39.4 Å². The van der Waals surface area contributed by atoms with Crippen LogP contribution in [0.5, 0.6) is 0 Å². The highest BCUT2D eigenvalue weighted by Gasteiger charge is 2.29. The van der Waals surface area contributed by atoms with Crippen LogP contribution in [0.4, 0.5) is 5.82 Å². The summed E-state index contributed by atoms with van der Waals surface area (Å²) in [5, 5.41) is 3.09. The van der Waals surface area contributed by atoms with Gasteiger partial charge in [0.25, 0.3) is 0 Å². The summed E-state index contributed by atoms with van der Waals surface area (Å²) >= 11 is 3.34. The number of carbonyl (C=O) groups is 1. The number of amides is 1. The molecule has 0 aliphatic heterocycles. The van der Waals surface area contributed by atoms with Gasteiger partial charge in [-0.2, -0.15) is 0 Å². The van der Waals surface area contributed by atoms with Gasteiger partial charge in [-0.1, -0.05) is 13.8 Å². The van der Waals surface area contributed by atoms with Crippen LogP contribution in [0.15, 0.2) is 10.7 Å². The lowest BCUT2D eigenvalue weighted by atomic mass is 9.98. The molecule has 0 fully saturated rings. The van der Waals surface area contributed by atoms with Gasteiger partial charge in [0.15, 0.2) is 0 Å². The number of primary amides is 1. The molecule has 0 aliphatic rings. The van der Waals surface area contributed by atoms with Gasteiger partial charge in [0, 0.05) is 12.5 Å². The van der Waals surface area contributed by atoms with Crippen molar-refractivity contribution in [1.29, 1.82) is 0 Å². The van der Waals surface area contributed by atoms with E-state index >= 15 is 0 Å². The number of nitrogens with zero attached hydrogens (tertiary/aromatic N) is 2. The Hall–Kier alpha value is -1.17. The quantitative estimate of drug-likeness (QED) is 0.789. The smallest absolute Gasteiger partial charge is 0.242 e. The Morgan fingerprint density at radius 3 is 2.67 bits per heavy atom. The molecule has 1 aromatic rings. The number of aromatic nitrogens is 2. The molecule has 0 spiro atoms. The van der Waals surface area contributed by atoms with Crippen LogP contribution < -0.4 is 11.1 Å². The van der Waals surface area contributed by atoms with Crippen LogP contribution in [0.2, 0.25) is 0 Å². The van der Waals surface area contributed by atoms with E-state index in [0.717, 1.165) is 18.7 Å². The number of nitrogens with one attached hydrogen (secondary N) is 1. The summed E-state index contributed by atoms with van der Waals surface area (Å²) in [7, 11) is 0. The highest BCUT2D eigenvalue weighted by molar-refractivity contribution is 9.10. The Balaban J connectivity index is 2.99. The number of rotatable bonds is 6. The summed E-state index contributed by atoms with van der Waals surface area (Å²) in [6.45, 7) is 5.74. The molecule has 0 saturated heterocycles. The Morgan fingerprint density at radius 1 is 1.50 bits per heavy atom. The molecule has 1 heterocycles. The van der Waals surface area contributed by atoms with Gasteiger partial charge in [0.1, 0.15) is 21.8 Å². The summed E-state index contributed by atoms with van der Waals surface area (Å²) in [5.74, 6) is 0.970. The fourth-order valence-electron chi connectivity index (χ4n) is 1.47. The number of anilines is 1. The first-order valence-corrected chi connectivity index (χ1v) is 6.82. The Kier molecular flexibility index (Phi) is 5.07. The topological polar surface area (TPSA) is 80.9 Å². The molecule has 1 unspecified atom stereocenters. The highest BCUT2D eigenvalue weighted by Crippen LogP contribution is 2.19. The number of carbonyl (C=O) groups excluding carboxylic acids is 1. The van der Waals surface area contributed by atoms with Crippen LogP contribution in [0, 0.1) is 0 Å². The maximum absolute atomic E-state index is 11.5. The van der Waals surface area contributed by atoms with Gasteiger partial charge in [0.2, 0.25) is 5.91 Å². The van der Waals surface area contributed by atoms with Gasteiger partial charge in [-0.3, -0.25) is 4.79 Å². The second-order valence-electron chi connectivity index (χ2n) is 4.42. The second kappa shape index (κ2) is 6.13. The standard InChI is InChI=1S/C12H19BrN4O/c1-4-6-9-15-8(13)7-10(16-9)17-12(3,5-2)11(14)18/h7H,4-6H2,1-3H3,(H2,14,18)(H,15,16,17). The van der Waals surface area contributed by atoms with E-state index in [-0.39, 0.29) is 0 Å². The van der Waals surface area contributed by atoms with E-state index in [4.69, 9.17) is 5.73 Å². The van der Waals surface area contributed by atoms with Crippen LogP contribution in [0.25, 0.3) is 0 Å². The zero-order chi connectivity index (χ0) is 13.8. The highest BCUT2D eigenvalue weighted by atomic mass is 79.9. The van der Waals surface area contributed by atoms with Crippen molar-refractivity contribution in [2.75, 3.05) is 5.32 Å². The number of hydrogen-bond donors (Lipinski definition) is 2. The zero-order valence-corrected chi connectivity index (χ0v) is 12.5. The number of hydrogen-bond acceptors (Lipinski definition) is 4. The first-order chi connectivity index (χ1) is 8.41. The second-order valence-corrected chi connectivity index (χ2v) is 5.23. The fraction of sp³-hybridized carbons (Fsp3) is 0.583. The lowest BCUT2D eigenvalue weighted by molar-refractivity contribution is -0.121. The van der Waals surface area contributed by atoms with Crippen molar-refractivity contribution in [3.63, 3.8) is 0 Å². The van der Waals surface area contributed by atoms with E-state index in [0.29, 0.717) is 16.8 Å². The molecule has 0 aromatic carbocycles. The Labute approximate surface area is 116 Å². The first-order valence-electron chi connectivity index (χ1n) is 6.02. The van der Waals surface area contributed by atoms with Gasteiger partial charge in [-0.05, 0) is 35.7 Å². The van der Waals surface area contributed by atoms with E-state index in [1.807, 2.05) is 6.92 Å². The van der Waals surface area contributed by atoms with Crippen molar-refractivity contribution in [2.24, 2.45) is 5.73 Å². The predicted molar refractivity (Wildman–Crippen MR) is 75.2 cm³/mol. The summed E-state index contributed by atoms with van der Waals surface area (Å²) < 4.78 is 0.700. The van der Waals surface area contributed by atoms with Crippen molar-refractivity contribution in [3.8, 4) is 0 Å². The maximum atomic E-state index is 11.5. The summed E-state index contributed by atoms with van der Waals surface area (Å²) in [5.41, 5.74) is 4.61. The normalized spacial score (nSPS) is 14.0. The molecule has 3 N–H and O–H groups in total. The molecule has 1 rings (SSSR count). The van der Waals surface area contributed by atoms with E-state index < -0.39 is 11.4 Å². The van der Waals surface area contributed by atoms with Crippen molar-refractivity contribution in [3.05, 3.63) is 16.5 Å². The number of nitrogens with two attached hydrogens (primary N) is 1. The third-order valence-corrected chi connectivity index (χ3v) is 3.28. The third kappa shape index (κ3) is 3.66. The first kappa shape index (κ1) is 14.9. The SMILES string of the molecule is CCCc1nc(Br)cc(NC(C)(CC)C(N)=O)n1. The zero-order valence-electron chi connectivity index (χ0n) is 11.0. The van der Waals surface area contributed by atoms with E-state index in [9.17, 15) is 4.79 Å². The summed E-state index contributed by atoms with van der Waals surface area (Å²) in [6, 6.07) is 1.75. The summed E-state index contributed by atoms with van der Waals surface area (Å²) in [6.07, 6.45) is 2.36. The minimum absolute atomic E-state index is 0.392. The van der Waals surface area contributed by atoms with Gasteiger partial charge in [-0.25, -0.2) is 9.97 Å². The van der Waals surface area contributed by atoms with Crippen LogP contribution in [-0.2, 0) is 11.2 Å². The Bertz CT molecular complexity index is 438. The van der Waals surface area contributed by atoms with Gasteiger partial charge < -0.3 is 11.1 Å². The minimum atomic E-state index is -0.794. The summed E-state index contributed by atoms with van der Waals surface area (Å²) in [4.78, 5) is 20.1. The van der Waals surface area contributed by atoms with E-state index in [1.165, 1.54) is 0 Å². The Morgan fingerprint density at radius 2 is 2.17 bits per heavy atom. The van der Waals surface area contributed by atoms with Crippen LogP contribution in [0.3, 0.4) is 0 Å². The van der Waals surface area contributed by atoms with Gasteiger partial charge in [-0.15, -0.1) is 0 Å². The van der Waals surface area contributed by atoms with Crippen molar-refractivity contribution in [2.45, 2.75) is 45.6 Å². The molecule has 0 radical (unpaired) electrons. The predicted octanol–water partition coefficient (Wildman–Crippen LogP) is 2.26. The van der Waals surface area contributed by atoms with E-state index in [1.54, 1.807) is 13.0 Å². The number of halogens is 1. The molecule has 18 heavy (non-hydrogen) atoms. The average Bonchev–Trinajstić information content (AvgIpc) is 2.28. The molecule has 100 valence electrons.